The number of esters is 1. The van der Waals surface area contributed by atoms with Crippen LogP contribution in [0.3, 0.4) is 0 Å². The van der Waals surface area contributed by atoms with E-state index in [0.717, 1.165) is 10.1 Å². The second-order valence-corrected chi connectivity index (χ2v) is 10.7. The van der Waals surface area contributed by atoms with Gasteiger partial charge >= 0.3 is 5.97 Å². The summed E-state index contributed by atoms with van der Waals surface area (Å²) in [6, 6.07) is 13.4. The van der Waals surface area contributed by atoms with Crippen molar-refractivity contribution in [3.05, 3.63) is 53.4 Å². The van der Waals surface area contributed by atoms with Crippen LogP contribution < -0.4 is 10.1 Å². The lowest BCUT2D eigenvalue weighted by Gasteiger charge is -2.31. The van der Waals surface area contributed by atoms with Crippen molar-refractivity contribution < 1.29 is 27.5 Å². The number of nitrogens with zero attached hydrogens (tertiary/aromatic N) is 1. The van der Waals surface area contributed by atoms with Crippen LogP contribution in [0.1, 0.15) is 22.5 Å². The number of anilines is 1. The highest BCUT2D eigenvalue weighted by molar-refractivity contribution is 7.89. The van der Waals surface area contributed by atoms with Crippen LogP contribution in [0.15, 0.2) is 53.4 Å². The van der Waals surface area contributed by atoms with Gasteiger partial charge in [0.05, 0.1) is 25.0 Å². The fourth-order valence-electron chi connectivity index (χ4n) is 3.84. The van der Waals surface area contributed by atoms with Gasteiger partial charge in [-0.2, -0.15) is 4.31 Å². The first kappa shape index (κ1) is 23.2. The molecule has 10 heteroatoms. The molecule has 1 atom stereocenters. The van der Waals surface area contributed by atoms with Crippen molar-refractivity contribution >= 4 is 49.0 Å². The van der Waals surface area contributed by atoms with Crippen molar-refractivity contribution in [2.45, 2.75) is 17.7 Å². The molecule has 0 bridgehead atoms. The van der Waals surface area contributed by atoms with Crippen LogP contribution in [0.2, 0.25) is 0 Å². The van der Waals surface area contributed by atoms with Gasteiger partial charge in [-0.3, -0.25) is 4.79 Å². The minimum Gasteiger partial charge on any atom is -0.497 e. The zero-order valence-electron chi connectivity index (χ0n) is 18.2. The number of carbonyl (C=O) groups excluding carboxylic acids is 2. The van der Waals surface area contributed by atoms with Gasteiger partial charge in [0.25, 0.3) is 0 Å². The maximum absolute atomic E-state index is 13.1. The topological polar surface area (TPSA) is 102 Å². The highest BCUT2D eigenvalue weighted by atomic mass is 32.2. The number of ether oxygens (including phenoxy) is 2. The lowest BCUT2D eigenvalue weighted by molar-refractivity contribution is -0.120. The number of hydrogen-bond acceptors (Lipinski definition) is 7. The van der Waals surface area contributed by atoms with Crippen LogP contribution >= 0.6 is 11.3 Å². The third kappa shape index (κ3) is 4.87. The molecule has 1 aromatic heterocycles. The number of amides is 1. The molecule has 0 unspecified atom stereocenters. The smallest absolute Gasteiger partial charge is 0.348 e. The fourth-order valence-corrected chi connectivity index (χ4v) is 6.32. The van der Waals surface area contributed by atoms with Gasteiger partial charge in [-0.05, 0) is 66.8 Å². The maximum Gasteiger partial charge on any atom is 0.348 e. The van der Waals surface area contributed by atoms with Gasteiger partial charge in [-0.15, -0.1) is 11.3 Å². The summed E-state index contributed by atoms with van der Waals surface area (Å²) < 4.78 is 38.2. The summed E-state index contributed by atoms with van der Waals surface area (Å²) in [6.45, 7) is 0.489. The molecule has 1 aliphatic rings. The van der Waals surface area contributed by atoms with E-state index in [2.05, 4.69) is 5.32 Å². The van der Waals surface area contributed by atoms with Gasteiger partial charge in [-0.25, -0.2) is 13.2 Å². The number of piperidine rings is 1. The molecule has 1 aliphatic heterocycles. The molecule has 1 amide bonds. The minimum absolute atomic E-state index is 0.118. The molecule has 0 saturated carbocycles. The van der Waals surface area contributed by atoms with E-state index in [-0.39, 0.29) is 17.3 Å². The number of carbonyl (C=O) groups is 2. The Morgan fingerprint density at radius 3 is 2.55 bits per heavy atom. The van der Waals surface area contributed by atoms with E-state index in [1.165, 1.54) is 42.0 Å². The number of methoxy groups -OCH3 is 2. The van der Waals surface area contributed by atoms with E-state index in [9.17, 15) is 18.0 Å². The van der Waals surface area contributed by atoms with E-state index in [4.69, 9.17) is 9.47 Å². The summed E-state index contributed by atoms with van der Waals surface area (Å²) >= 11 is 1.32. The summed E-state index contributed by atoms with van der Waals surface area (Å²) in [5.41, 5.74) is 0.594. The van der Waals surface area contributed by atoms with Crippen LogP contribution in [-0.4, -0.2) is 51.9 Å². The van der Waals surface area contributed by atoms with Crippen molar-refractivity contribution in [2.24, 2.45) is 5.92 Å². The van der Waals surface area contributed by atoms with E-state index < -0.39 is 21.9 Å². The number of sulfonamides is 1. The number of fused-ring (bicyclic) bond motifs is 1. The molecule has 2 heterocycles. The fraction of sp³-hybridized carbons (Fsp3) is 0.304. The molecule has 0 spiro atoms. The molecule has 8 nitrogen and oxygen atoms in total. The average Bonchev–Trinajstić information content (AvgIpc) is 3.27. The normalized spacial score (nSPS) is 17.0. The minimum atomic E-state index is -3.71. The van der Waals surface area contributed by atoms with Crippen molar-refractivity contribution in [2.75, 3.05) is 32.6 Å². The Morgan fingerprint density at radius 2 is 1.85 bits per heavy atom. The van der Waals surface area contributed by atoms with Crippen molar-refractivity contribution in [3.8, 4) is 5.75 Å². The number of nitrogens with one attached hydrogen (secondary N) is 1. The largest absolute Gasteiger partial charge is 0.497 e. The third-order valence-electron chi connectivity index (χ3n) is 5.62. The summed E-state index contributed by atoms with van der Waals surface area (Å²) in [6.07, 6.45) is 1.20. The van der Waals surface area contributed by atoms with Gasteiger partial charge in [0.15, 0.2) is 0 Å². The molecule has 4 rings (SSSR count). The van der Waals surface area contributed by atoms with Crippen LogP contribution in [0, 0.1) is 5.92 Å². The van der Waals surface area contributed by atoms with Crippen LogP contribution in [0.4, 0.5) is 5.69 Å². The summed E-state index contributed by atoms with van der Waals surface area (Å²) in [5.74, 6) is -0.517. The van der Waals surface area contributed by atoms with Crippen molar-refractivity contribution in [3.63, 3.8) is 0 Å². The molecule has 174 valence electrons. The number of hydrogen-bond donors (Lipinski definition) is 1. The predicted molar refractivity (Wildman–Crippen MR) is 126 cm³/mol. The van der Waals surface area contributed by atoms with E-state index in [1.807, 2.05) is 6.07 Å². The molecule has 3 aromatic rings. The standard InChI is InChI=1S/C23H24N2O6S2/c1-30-18-6-8-19(9-7-18)33(28,29)25-11-3-4-15(14-25)22(26)24-17-5-10-20-16(12-17)13-21(32-20)23(27)31-2/h5-10,12-13,15H,3-4,11,14H2,1-2H3,(H,24,26)/t15-/m1/s1. The van der Waals surface area contributed by atoms with Crippen LogP contribution in [0.5, 0.6) is 5.75 Å². The first-order valence-corrected chi connectivity index (χ1v) is 12.6. The van der Waals surface area contributed by atoms with Gasteiger partial charge in [-0.1, -0.05) is 0 Å². The molecular weight excluding hydrogens is 464 g/mol. The molecule has 0 aliphatic carbocycles. The zero-order chi connectivity index (χ0) is 23.6. The van der Waals surface area contributed by atoms with Gasteiger partial charge in [0.2, 0.25) is 15.9 Å². The average molecular weight is 489 g/mol. The highest BCUT2D eigenvalue weighted by Gasteiger charge is 2.33. The Hall–Kier alpha value is -2.95. The zero-order valence-corrected chi connectivity index (χ0v) is 19.9. The molecule has 2 aromatic carbocycles. The van der Waals surface area contributed by atoms with Crippen LogP contribution in [0.25, 0.3) is 10.1 Å². The second kappa shape index (κ2) is 9.50. The number of rotatable bonds is 6. The Morgan fingerprint density at radius 1 is 1.09 bits per heavy atom. The van der Waals surface area contributed by atoms with Crippen molar-refractivity contribution in [1.82, 2.24) is 4.31 Å². The maximum atomic E-state index is 13.1. The Labute approximate surface area is 196 Å². The first-order chi connectivity index (χ1) is 15.8. The third-order valence-corrected chi connectivity index (χ3v) is 8.60. The quantitative estimate of drug-likeness (QED) is 0.531. The molecule has 33 heavy (non-hydrogen) atoms. The van der Waals surface area contributed by atoms with Crippen molar-refractivity contribution in [1.29, 1.82) is 0 Å². The van der Waals surface area contributed by atoms with E-state index >= 15 is 0 Å². The van der Waals surface area contributed by atoms with E-state index in [1.54, 1.807) is 30.3 Å². The second-order valence-electron chi connectivity index (χ2n) is 7.72. The summed E-state index contributed by atoms with van der Waals surface area (Å²) in [5, 5.41) is 3.72. The van der Waals surface area contributed by atoms with Gasteiger partial charge in [0.1, 0.15) is 10.6 Å². The molecule has 1 saturated heterocycles. The monoisotopic (exact) mass is 488 g/mol. The SMILES string of the molecule is COC(=O)c1cc2cc(NC(=O)[C@@H]3CCCN(S(=O)(=O)c4ccc(OC)cc4)C3)ccc2s1. The summed E-state index contributed by atoms with van der Waals surface area (Å²) in [7, 11) is -0.854. The Bertz CT molecular complexity index is 1280. The van der Waals surface area contributed by atoms with Crippen LogP contribution in [-0.2, 0) is 19.6 Å². The lowest BCUT2D eigenvalue weighted by Crippen LogP contribution is -2.43. The molecule has 0 radical (unpaired) electrons. The van der Waals surface area contributed by atoms with Gasteiger partial charge < -0.3 is 14.8 Å². The Balaban J connectivity index is 1.46. The molecule has 1 N–H and O–H groups in total. The van der Waals surface area contributed by atoms with E-state index in [0.29, 0.717) is 35.7 Å². The molecule has 1 fully saturated rings. The number of thiophene rings is 1. The number of benzene rings is 2. The predicted octanol–water partition coefficient (Wildman–Crippen LogP) is 3.74. The lowest BCUT2D eigenvalue weighted by atomic mass is 9.98. The Kier molecular flexibility index (Phi) is 6.68. The first-order valence-electron chi connectivity index (χ1n) is 10.4. The molecular formula is C23H24N2O6S2. The van der Waals surface area contributed by atoms with Gasteiger partial charge in [0, 0.05) is 23.5 Å². The highest BCUT2D eigenvalue weighted by Crippen LogP contribution is 2.30. The summed E-state index contributed by atoms with van der Waals surface area (Å²) in [4.78, 5) is 25.4.